The second-order valence-electron chi connectivity index (χ2n) is 5.20. The number of anilines is 1. The SMILES string of the molecule is NC(=O)c1ccc(S(=O)(=O)N[C@H]2CCCC[C@@H]2O)c(N)c1. The number of nitrogens with two attached hydrogens (primary N) is 2. The molecular weight excluding hydrogens is 294 g/mol. The Morgan fingerprint density at radius 1 is 1.29 bits per heavy atom. The molecule has 0 spiro atoms. The smallest absolute Gasteiger partial charge is 0.248 e. The minimum absolute atomic E-state index is 0.0518. The fraction of sp³-hybridized carbons (Fsp3) is 0.462. The molecule has 116 valence electrons. The number of carbonyl (C=O) groups excluding carboxylic acids is 1. The number of sulfonamides is 1. The van der Waals surface area contributed by atoms with Crippen molar-refractivity contribution in [3.05, 3.63) is 23.8 Å². The third-order valence-corrected chi connectivity index (χ3v) is 5.18. The molecule has 6 N–H and O–H groups in total. The lowest BCUT2D eigenvalue weighted by Crippen LogP contribution is -2.45. The van der Waals surface area contributed by atoms with Crippen molar-refractivity contribution in [2.45, 2.75) is 42.7 Å². The van der Waals surface area contributed by atoms with Crippen LogP contribution in [0.15, 0.2) is 23.1 Å². The van der Waals surface area contributed by atoms with Crippen molar-refractivity contribution in [1.82, 2.24) is 4.72 Å². The van der Waals surface area contributed by atoms with Gasteiger partial charge in [0.25, 0.3) is 0 Å². The molecule has 0 radical (unpaired) electrons. The Bertz CT molecular complexity index is 645. The average molecular weight is 313 g/mol. The Morgan fingerprint density at radius 3 is 2.52 bits per heavy atom. The first-order valence-electron chi connectivity index (χ1n) is 6.71. The van der Waals surface area contributed by atoms with Gasteiger partial charge in [-0.1, -0.05) is 12.8 Å². The van der Waals surface area contributed by atoms with Gasteiger partial charge in [0, 0.05) is 11.6 Å². The van der Waals surface area contributed by atoms with E-state index in [-0.39, 0.29) is 16.1 Å². The number of aliphatic hydroxyl groups is 1. The van der Waals surface area contributed by atoms with E-state index in [0.29, 0.717) is 12.8 Å². The average Bonchev–Trinajstić information content (AvgIpc) is 2.40. The van der Waals surface area contributed by atoms with Crippen LogP contribution in [-0.4, -0.2) is 31.6 Å². The van der Waals surface area contributed by atoms with Crippen molar-refractivity contribution in [3.63, 3.8) is 0 Å². The fourth-order valence-corrected chi connectivity index (χ4v) is 3.87. The summed E-state index contributed by atoms with van der Waals surface area (Å²) in [5.41, 5.74) is 10.9. The van der Waals surface area contributed by atoms with E-state index in [0.717, 1.165) is 12.8 Å². The lowest BCUT2D eigenvalue weighted by molar-refractivity contribution is 0.1000. The van der Waals surface area contributed by atoms with Crippen LogP contribution in [0.5, 0.6) is 0 Å². The van der Waals surface area contributed by atoms with Crippen molar-refractivity contribution in [2.75, 3.05) is 5.73 Å². The Kier molecular flexibility index (Phi) is 4.50. The third-order valence-electron chi connectivity index (χ3n) is 3.62. The summed E-state index contributed by atoms with van der Waals surface area (Å²) < 4.78 is 27.1. The molecule has 0 unspecified atom stereocenters. The van der Waals surface area contributed by atoms with Gasteiger partial charge < -0.3 is 16.6 Å². The first-order chi connectivity index (χ1) is 9.81. The van der Waals surface area contributed by atoms with Crippen molar-refractivity contribution >= 4 is 21.6 Å². The summed E-state index contributed by atoms with van der Waals surface area (Å²) in [7, 11) is -3.85. The molecule has 2 rings (SSSR count). The first-order valence-corrected chi connectivity index (χ1v) is 8.19. The molecule has 1 saturated carbocycles. The molecule has 21 heavy (non-hydrogen) atoms. The summed E-state index contributed by atoms with van der Waals surface area (Å²) in [6.45, 7) is 0. The van der Waals surface area contributed by atoms with Gasteiger partial charge in [-0.05, 0) is 31.0 Å². The zero-order valence-corrected chi connectivity index (χ0v) is 12.3. The maximum Gasteiger partial charge on any atom is 0.248 e. The van der Waals surface area contributed by atoms with Crippen molar-refractivity contribution in [3.8, 4) is 0 Å². The van der Waals surface area contributed by atoms with Gasteiger partial charge in [-0.3, -0.25) is 4.79 Å². The molecule has 1 aromatic rings. The summed E-state index contributed by atoms with van der Waals surface area (Å²) in [5, 5.41) is 9.85. The predicted octanol–water partition coefficient (Wildman–Crippen LogP) is -0.0505. The predicted molar refractivity (Wildman–Crippen MR) is 78.0 cm³/mol. The highest BCUT2D eigenvalue weighted by molar-refractivity contribution is 7.89. The van der Waals surface area contributed by atoms with E-state index in [1.54, 1.807) is 0 Å². The maximum atomic E-state index is 12.3. The van der Waals surface area contributed by atoms with E-state index in [1.165, 1.54) is 18.2 Å². The second kappa shape index (κ2) is 6.00. The van der Waals surface area contributed by atoms with Gasteiger partial charge in [0.1, 0.15) is 4.90 Å². The molecule has 0 heterocycles. The van der Waals surface area contributed by atoms with Crippen LogP contribution < -0.4 is 16.2 Å². The van der Waals surface area contributed by atoms with E-state index in [9.17, 15) is 18.3 Å². The number of primary amides is 1. The normalized spacial score (nSPS) is 22.9. The zero-order valence-electron chi connectivity index (χ0n) is 11.5. The molecule has 0 bridgehead atoms. The molecule has 8 heteroatoms. The highest BCUT2D eigenvalue weighted by atomic mass is 32.2. The summed E-state index contributed by atoms with van der Waals surface area (Å²) in [6, 6.07) is 3.27. The maximum absolute atomic E-state index is 12.3. The highest BCUT2D eigenvalue weighted by Gasteiger charge is 2.29. The van der Waals surface area contributed by atoms with Gasteiger partial charge in [0.05, 0.1) is 11.8 Å². The minimum Gasteiger partial charge on any atom is -0.398 e. The number of carbonyl (C=O) groups is 1. The van der Waals surface area contributed by atoms with Crippen LogP contribution in [0.1, 0.15) is 36.0 Å². The van der Waals surface area contributed by atoms with Crippen molar-refractivity contribution in [2.24, 2.45) is 5.73 Å². The van der Waals surface area contributed by atoms with Gasteiger partial charge in [-0.15, -0.1) is 0 Å². The topological polar surface area (TPSA) is 136 Å². The number of rotatable bonds is 4. The number of nitrogens with one attached hydrogen (secondary N) is 1. The van der Waals surface area contributed by atoms with Crippen molar-refractivity contribution < 1.29 is 18.3 Å². The van der Waals surface area contributed by atoms with Crippen LogP contribution in [0.25, 0.3) is 0 Å². The van der Waals surface area contributed by atoms with Gasteiger partial charge in [0.2, 0.25) is 15.9 Å². The monoisotopic (exact) mass is 313 g/mol. The summed E-state index contributed by atoms with van der Waals surface area (Å²) >= 11 is 0. The van der Waals surface area contributed by atoms with Crippen LogP contribution in [0.3, 0.4) is 0 Å². The molecular formula is C13H19N3O4S. The van der Waals surface area contributed by atoms with E-state index in [4.69, 9.17) is 11.5 Å². The molecule has 1 aliphatic carbocycles. The second-order valence-corrected chi connectivity index (χ2v) is 6.88. The molecule has 1 fully saturated rings. The number of hydrogen-bond donors (Lipinski definition) is 4. The van der Waals surface area contributed by atoms with Gasteiger partial charge in [-0.2, -0.15) is 0 Å². The number of amides is 1. The Balaban J connectivity index is 2.25. The van der Waals surface area contributed by atoms with Crippen LogP contribution in [0.2, 0.25) is 0 Å². The molecule has 1 aromatic carbocycles. The lowest BCUT2D eigenvalue weighted by atomic mass is 9.93. The van der Waals surface area contributed by atoms with Crippen molar-refractivity contribution in [1.29, 1.82) is 0 Å². The molecule has 0 aliphatic heterocycles. The van der Waals surface area contributed by atoms with Crippen LogP contribution in [-0.2, 0) is 10.0 Å². The minimum atomic E-state index is -3.85. The summed E-state index contributed by atoms with van der Waals surface area (Å²) in [5.74, 6) is -0.679. The Hall–Kier alpha value is -1.64. The number of benzene rings is 1. The first kappa shape index (κ1) is 15.7. The Morgan fingerprint density at radius 2 is 1.95 bits per heavy atom. The van der Waals surface area contributed by atoms with Crippen LogP contribution >= 0.6 is 0 Å². The molecule has 0 saturated heterocycles. The largest absolute Gasteiger partial charge is 0.398 e. The molecule has 2 atom stereocenters. The van der Waals surface area contributed by atoms with E-state index < -0.39 is 28.1 Å². The fourth-order valence-electron chi connectivity index (χ4n) is 2.46. The van der Waals surface area contributed by atoms with Gasteiger partial charge in [-0.25, -0.2) is 13.1 Å². The zero-order chi connectivity index (χ0) is 15.6. The van der Waals surface area contributed by atoms with E-state index in [2.05, 4.69) is 4.72 Å². The lowest BCUT2D eigenvalue weighted by Gasteiger charge is -2.28. The Labute approximate surface area is 123 Å². The van der Waals surface area contributed by atoms with Gasteiger partial charge >= 0.3 is 0 Å². The molecule has 1 amide bonds. The quantitative estimate of drug-likeness (QED) is 0.578. The van der Waals surface area contributed by atoms with E-state index in [1.807, 2.05) is 0 Å². The number of nitrogen functional groups attached to an aromatic ring is 1. The van der Waals surface area contributed by atoms with Crippen LogP contribution in [0, 0.1) is 0 Å². The van der Waals surface area contributed by atoms with Gasteiger partial charge in [0.15, 0.2) is 0 Å². The third kappa shape index (κ3) is 3.52. The van der Waals surface area contributed by atoms with Crippen LogP contribution in [0.4, 0.5) is 5.69 Å². The number of aliphatic hydroxyl groups excluding tert-OH is 1. The standard InChI is InChI=1S/C13H19N3O4S/c14-9-7-8(13(15)18)5-6-12(9)21(19,20)16-10-3-1-2-4-11(10)17/h5-7,10-11,16-17H,1-4,14H2,(H2,15,18)/t10-,11-/m0/s1. The summed E-state index contributed by atoms with van der Waals surface area (Å²) in [6.07, 6.45) is 2.21. The molecule has 0 aromatic heterocycles. The number of hydrogen-bond acceptors (Lipinski definition) is 5. The highest BCUT2D eigenvalue weighted by Crippen LogP contribution is 2.23. The molecule has 1 aliphatic rings. The van der Waals surface area contributed by atoms with E-state index >= 15 is 0 Å². The molecule has 7 nitrogen and oxygen atoms in total. The summed E-state index contributed by atoms with van der Waals surface area (Å²) in [4.78, 5) is 10.9.